The molecule has 2 aromatic heterocycles. The average molecular weight is 340 g/mol. The van der Waals surface area contributed by atoms with E-state index < -0.39 is 0 Å². The fraction of sp³-hybridized carbons (Fsp3) is 0.500. The number of likely N-dealkylation sites (tertiary alicyclic amines) is 1. The maximum Gasteiger partial charge on any atom is 0.244 e. The highest BCUT2D eigenvalue weighted by atomic mass is 16.1. The van der Waals surface area contributed by atoms with E-state index >= 15 is 0 Å². The molecular formula is C20H28N4O. The summed E-state index contributed by atoms with van der Waals surface area (Å²) in [7, 11) is 0. The van der Waals surface area contributed by atoms with E-state index in [4.69, 9.17) is 0 Å². The van der Waals surface area contributed by atoms with Crippen molar-refractivity contribution in [1.82, 2.24) is 20.2 Å². The van der Waals surface area contributed by atoms with E-state index in [1.54, 1.807) is 12.3 Å². The number of nitrogens with one attached hydrogen (secondary N) is 2. The lowest BCUT2D eigenvalue weighted by Gasteiger charge is -2.25. The van der Waals surface area contributed by atoms with Gasteiger partial charge >= 0.3 is 0 Å². The number of rotatable bonds is 7. The molecule has 0 aromatic carbocycles. The van der Waals surface area contributed by atoms with Crippen LogP contribution in [-0.4, -0.2) is 46.5 Å². The van der Waals surface area contributed by atoms with Gasteiger partial charge in [0.25, 0.3) is 0 Å². The van der Waals surface area contributed by atoms with Crippen LogP contribution in [0, 0.1) is 5.92 Å². The van der Waals surface area contributed by atoms with Gasteiger partial charge in [-0.15, -0.1) is 0 Å². The molecule has 134 valence electrons. The van der Waals surface area contributed by atoms with Crippen molar-refractivity contribution in [2.24, 2.45) is 5.92 Å². The Kier molecular flexibility index (Phi) is 5.87. The van der Waals surface area contributed by atoms with Crippen molar-refractivity contribution in [3.8, 4) is 0 Å². The number of amides is 1. The van der Waals surface area contributed by atoms with Crippen LogP contribution in [-0.2, 0) is 4.79 Å². The minimum absolute atomic E-state index is 0.0249. The van der Waals surface area contributed by atoms with E-state index in [2.05, 4.69) is 34.0 Å². The third-order valence-corrected chi connectivity index (χ3v) is 4.68. The van der Waals surface area contributed by atoms with Crippen molar-refractivity contribution in [2.45, 2.75) is 39.2 Å². The Labute approximate surface area is 149 Å². The van der Waals surface area contributed by atoms with Gasteiger partial charge in [0.2, 0.25) is 5.91 Å². The number of pyridine rings is 1. The first-order chi connectivity index (χ1) is 12.1. The average Bonchev–Trinajstić information content (AvgIpc) is 3.22. The van der Waals surface area contributed by atoms with Crippen LogP contribution in [0.5, 0.6) is 0 Å². The molecular weight excluding hydrogens is 312 g/mol. The summed E-state index contributed by atoms with van der Waals surface area (Å²) >= 11 is 0. The van der Waals surface area contributed by atoms with Gasteiger partial charge in [0.1, 0.15) is 5.65 Å². The molecule has 2 N–H and O–H groups in total. The Balaban J connectivity index is 1.61. The molecule has 1 aliphatic rings. The molecule has 5 nitrogen and oxygen atoms in total. The molecule has 0 radical (unpaired) electrons. The monoisotopic (exact) mass is 340 g/mol. The van der Waals surface area contributed by atoms with E-state index in [1.807, 2.05) is 24.4 Å². The van der Waals surface area contributed by atoms with Crippen molar-refractivity contribution in [1.29, 1.82) is 0 Å². The van der Waals surface area contributed by atoms with Crippen LogP contribution in [0.4, 0.5) is 0 Å². The fourth-order valence-corrected chi connectivity index (χ4v) is 3.55. The van der Waals surface area contributed by atoms with Crippen molar-refractivity contribution in [3.63, 3.8) is 0 Å². The Morgan fingerprint density at radius 2 is 2.20 bits per heavy atom. The molecule has 0 aliphatic carbocycles. The zero-order valence-corrected chi connectivity index (χ0v) is 15.2. The quantitative estimate of drug-likeness (QED) is 0.761. The molecule has 1 atom stereocenters. The molecule has 0 saturated carbocycles. The number of fused-ring (bicyclic) bond motifs is 1. The number of hydrogen-bond donors (Lipinski definition) is 2. The zero-order chi connectivity index (χ0) is 17.6. The topological polar surface area (TPSA) is 61.0 Å². The smallest absolute Gasteiger partial charge is 0.244 e. The molecule has 3 heterocycles. The molecule has 1 fully saturated rings. The number of nitrogens with zero attached hydrogens (tertiary/aromatic N) is 2. The highest BCUT2D eigenvalue weighted by Gasteiger charge is 2.19. The Hall–Kier alpha value is -2.14. The lowest BCUT2D eigenvalue weighted by molar-refractivity contribution is -0.117. The van der Waals surface area contributed by atoms with Gasteiger partial charge in [0.15, 0.2) is 0 Å². The third kappa shape index (κ3) is 4.92. The lowest BCUT2D eigenvalue weighted by atomic mass is 10.0. The van der Waals surface area contributed by atoms with Gasteiger partial charge < -0.3 is 15.2 Å². The normalized spacial score (nSPS) is 16.9. The van der Waals surface area contributed by atoms with Crippen LogP contribution >= 0.6 is 0 Å². The molecule has 0 unspecified atom stereocenters. The van der Waals surface area contributed by atoms with Gasteiger partial charge in [-0.25, -0.2) is 4.98 Å². The largest absolute Gasteiger partial charge is 0.349 e. The van der Waals surface area contributed by atoms with Gasteiger partial charge in [0.05, 0.1) is 0 Å². The number of aromatic nitrogens is 2. The van der Waals surface area contributed by atoms with Crippen LogP contribution in [0.25, 0.3) is 17.1 Å². The Morgan fingerprint density at radius 3 is 2.96 bits per heavy atom. The van der Waals surface area contributed by atoms with E-state index in [1.165, 1.54) is 12.8 Å². The lowest BCUT2D eigenvalue weighted by Crippen LogP contribution is -2.43. The number of carbonyl (C=O) groups excluding carboxylic acids is 1. The van der Waals surface area contributed by atoms with Crippen LogP contribution in [0.3, 0.4) is 0 Å². The molecule has 0 bridgehead atoms. The Morgan fingerprint density at radius 1 is 1.40 bits per heavy atom. The van der Waals surface area contributed by atoms with Crippen LogP contribution in [0.2, 0.25) is 0 Å². The summed E-state index contributed by atoms with van der Waals surface area (Å²) < 4.78 is 0. The predicted octanol–water partition coefficient (Wildman–Crippen LogP) is 3.20. The van der Waals surface area contributed by atoms with Gasteiger partial charge in [-0.2, -0.15) is 0 Å². The second-order valence-electron chi connectivity index (χ2n) is 7.32. The SMILES string of the molecule is CC(C)C[C@@H](CN1CCCC1)NC(=O)/C=C/c1c[nH]c2ncccc12. The second-order valence-corrected chi connectivity index (χ2v) is 7.32. The Bertz CT molecular complexity index is 728. The van der Waals surface area contributed by atoms with Crippen molar-refractivity contribution < 1.29 is 4.79 Å². The minimum Gasteiger partial charge on any atom is -0.349 e. The number of hydrogen-bond acceptors (Lipinski definition) is 3. The molecule has 5 heteroatoms. The highest BCUT2D eigenvalue weighted by molar-refractivity contribution is 5.95. The number of H-pyrrole nitrogens is 1. The van der Waals surface area contributed by atoms with E-state index in [-0.39, 0.29) is 11.9 Å². The molecule has 25 heavy (non-hydrogen) atoms. The fourth-order valence-electron chi connectivity index (χ4n) is 3.55. The summed E-state index contributed by atoms with van der Waals surface area (Å²) in [5.74, 6) is 0.541. The molecule has 1 aliphatic heterocycles. The summed E-state index contributed by atoms with van der Waals surface area (Å²) in [4.78, 5) is 22.3. The molecule has 1 saturated heterocycles. The molecule has 2 aromatic rings. The third-order valence-electron chi connectivity index (χ3n) is 4.68. The van der Waals surface area contributed by atoms with Crippen molar-refractivity contribution in [3.05, 3.63) is 36.2 Å². The summed E-state index contributed by atoms with van der Waals surface area (Å²) in [6, 6.07) is 4.12. The molecule has 1 amide bonds. The molecule has 0 spiro atoms. The van der Waals surface area contributed by atoms with Gasteiger partial charge in [-0.05, 0) is 56.5 Å². The first-order valence-electron chi connectivity index (χ1n) is 9.25. The first kappa shape index (κ1) is 17.7. The van der Waals surface area contributed by atoms with Crippen LogP contribution < -0.4 is 5.32 Å². The zero-order valence-electron chi connectivity index (χ0n) is 15.2. The first-order valence-corrected chi connectivity index (χ1v) is 9.25. The summed E-state index contributed by atoms with van der Waals surface area (Å²) in [6.07, 6.45) is 10.7. The number of aromatic amines is 1. The predicted molar refractivity (Wildman–Crippen MR) is 102 cm³/mol. The summed E-state index contributed by atoms with van der Waals surface area (Å²) in [5.41, 5.74) is 1.83. The van der Waals surface area contributed by atoms with E-state index in [9.17, 15) is 4.79 Å². The molecule has 3 rings (SSSR count). The van der Waals surface area contributed by atoms with E-state index in [0.29, 0.717) is 5.92 Å². The highest BCUT2D eigenvalue weighted by Crippen LogP contribution is 2.17. The number of carbonyl (C=O) groups is 1. The second kappa shape index (κ2) is 8.30. The van der Waals surface area contributed by atoms with Crippen LogP contribution in [0.1, 0.15) is 38.7 Å². The standard InChI is InChI=1S/C20H28N4O/c1-15(2)12-17(14-24-10-3-4-11-24)23-19(25)8-7-16-13-22-20-18(16)6-5-9-21-20/h5-9,13,15,17H,3-4,10-12,14H2,1-2H3,(H,21,22)(H,23,25)/b8-7+/t17-/m0/s1. The van der Waals surface area contributed by atoms with Crippen molar-refractivity contribution >= 4 is 23.0 Å². The van der Waals surface area contributed by atoms with Gasteiger partial charge in [0, 0.05) is 42.0 Å². The van der Waals surface area contributed by atoms with E-state index in [0.717, 1.165) is 42.7 Å². The van der Waals surface area contributed by atoms with Crippen LogP contribution in [0.15, 0.2) is 30.6 Å². The van der Waals surface area contributed by atoms with Gasteiger partial charge in [-0.1, -0.05) is 13.8 Å². The van der Waals surface area contributed by atoms with Crippen molar-refractivity contribution in [2.75, 3.05) is 19.6 Å². The minimum atomic E-state index is -0.0249. The van der Waals surface area contributed by atoms with Gasteiger partial charge in [-0.3, -0.25) is 4.79 Å². The maximum atomic E-state index is 12.4. The summed E-state index contributed by atoms with van der Waals surface area (Å²) in [6.45, 7) is 7.68. The maximum absolute atomic E-state index is 12.4. The summed E-state index contributed by atoms with van der Waals surface area (Å²) in [5, 5.41) is 4.22.